The van der Waals surface area contributed by atoms with Gasteiger partial charge in [0.15, 0.2) is 11.5 Å². The topological polar surface area (TPSA) is 72.6 Å². The summed E-state index contributed by atoms with van der Waals surface area (Å²) in [7, 11) is 1.40. The molecule has 0 spiro atoms. The van der Waals surface area contributed by atoms with Gasteiger partial charge in [0.2, 0.25) is 0 Å². The van der Waals surface area contributed by atoms with Gasteiger partial charge in [0.1, 0.15) is 5.82 Å². The van der Waals surface area contributed by atoms with Gasteiger partial charge in [-0.25, -0.2) is 0 Å². The number of aromatic nitrogens is 4. The Kier molecular flexibility index (Phi) is 3.97. The molecule has 3 aromatic rings. The fourth-order valence-corrected chi connectivity index (χ4v) is 3.04. The van der Waals surface area contributed by atoms with Crippen LogP contribution >= 0.6 is 23.2 Å². The van der Waals surface area contributed by atoms with Gasteiger partial charge in [-0.15, -0.1) is 15.3 Å². The highest BCUT2D eigenvalue weighted by molar-refractivity contribution is 6.42. The van der Waals surface area contributed by atoms with E-state index in [1.54, 1.807) is 16.6 Å². The van der Waals surface area contributed by atoms with Crippen LogP contribution in [0.15, 0.2) is 30.3 Å². The summed E-state index contributed by atoms with van der Waals surface area (Å²) in [5.41, 5.74) is 1.39. The molecular weight excluding hydrogens is 365 g/mol. The fourth-order valence-electron chi connectivity index (χ4n) is 2.74. The monoisotopic (exact) mass is 377 g/mol. The molecule has 0 unspecified atom stereocenters. The van der Waals surface area contributed by atoms with Gasteiger partial charge < -0.3 is 9.64 Å². The third-order valence-electron chi connectivity index (χ3n) is 4.17. The minimum absolute atomic E-state index is 0.113. The average molecular weight is 378 g/mol. The quantitative estimate of drug-likeness (QED) is 0.653. The summed E-state index contributed by atoms with van der Waals surface area (Å²) in [5.74, 6) is 1.00. The van der Waals surface area contributed by atoms with Crippen LogP contribution in [0, 0.1) is 5.92 Å². The van der Waals surface area contributed by atoms with Crippen LogP contribution in [0.25, 0.3) is 17.0 Å². The molecule has 3 heterocycles. The molecule has 1 fully saturated rings. The van der Waals surface area contributed by atoms with E-state index < -0.39 is 0 Å². The number of benzene rings is 1. The molecule has 1 aliphatic rings. The molecule has 0 bridgehead atoms. The molecule has 9 heteroatoms. The second-order valence-electron chi connectivity index (χ2n) is 5.74. The number of nitrogens with zero attached hydrogens (tertiary/aromatic N) is 5. The number of rotatable bonds is 3. The van der Waals surface area contributed by atoms with Crippen LogP contribution in [0.5, 0.6) is 0 Å². The summed E-state index contributed by atoms with van der Waals surface area (Å²) in [4.78, 5) is 13.5. The van der Waals surface area contributed by atoms with E-state index in [2.05, 4.69) is 15.3 Å². The van der Waals surface area contributed by atoms with Crippen molar-refractivity contribution in [3.05, 3.63) is 40.4 Å². The van der Waals surface area contributed by atoms with Crippen molar-refractivity contribution in [2.45, 2.75) is 0 Å². The Labute approximate surface area is 153 Å². The van der Waals surface area contributed by atoms with Crippen LogP contribution in [0.3, 0.4) is 0 Å². The highest BCUT2D eigenvalue weighted by Gasteiger charge is 2.34. The molecule has 0 saturated carbocycles. The molecule has 0 radical (unpaired) electrons. The van der Waals surface area contributed by atoms with Gasteiger partial charge in [0.25, 0.3) is 0 Å². The molecule has 2 aromatic heterocycles. The van der Waals surface area contributed by atoms with Crippen molar-refractivity contribution in [2.75, 3.05) is 25.1 Å². The lowest BCUT2D eigenvalue weighted by Crippen LogP contribution is -2.51. The van der Waals surface area contributed by atoms with E-state index in [0.29, 0.717) is 34.6 Å². The van der Waals surface area contributed by atoms with E-state index in [9.17, 15) is 4.79 Å². The maximum absolute atomic E-state index is 11.5. The van der Waals surface area contributed by atoms with Crippen LogP contribution in [0.1, 0.15) is 0 Å². The number of anilines is 1. The molecule has 7 nitrogen and oxygen atoms in total. The van der Waals surface area contributed by atoms with Gasteiger partial charge in [0, 0.05) is 18.7 Å². The summed E-state index contributed by atoms with van der Waals surface area (Å²) in [6.45, 7) is 1.16. The lowest BCUT2D eigenvalue weighted by molar-refractivity contribution is -0.146. The van der Waals surface area contributed by atoms with E-state index in [4.69, 9.17) is 27.9 Å². The van der Waals surface area contributed by atoms with E-state index in [1.807, 2.05) is 23.1 Å². The smallest absolute Gasteiger partial charge is 0.312 e. The van der Waals surface area contributed by atoms with Crippen LogP contribution < -0.4 is 4.90 Å². The van der Waals surface area contributed by atoms with Gasteiger partial charge >= 0.3 is 5.97 Å². The zero-order chi connectivity index (χ0) is 17.6. The van der Waals surface area contributed by atoms with E-state index >= 15 is 0 Å². The first kappa shape index (κ1) is 16.1. The predicted molar refractivity (Wildman–Crippen MR) is 94.0 cm³/mol. The van der Waals surface area contributed by atoms with Gasteiger partial charge in [-0.2, -0.15) is 4.52 Å². The van der Waals surface area contributed by atoms with Crippen molar-refractivity contribution in [2.24, 2.45) is 5.92 Å². The number of methoxy groups -OCH3 is 1. The highest BCUT2D eigenvalue weighted by Crippen LogP contribution is 2.29. The third kappa shape index (κ3) is 2.79. The summed E-state index contributed by atoms with van der Waals surface area (Å²) >= 11 is 12.1. The van der Waals surface area contributed by atoms with Crippen LogP contribution in [-0.4, -0.2) is 46.0 Å². The van der Waals surface area contributed by atoms with Crippen LogP contribution in [-0.2, 0) is 9.53 Å². The first-order valence-corrected chi connectivity index (χ1v) is 8.33. The number of fused-ring (bicyclic) bond motifs is 1. The second-order valence-corrected chi connectivity index (χ2v) is 6.55. The standard InChI is InChI=1S/C16H13Cl2N5O2/c1-25-16(24)10-7-22(8-10)14-5-4-13-19-20-15(23(13)21-14)9-2-3-11(17)12(18)6-9/h2-6,10H,7-8H2,1H3. The van der Waals surface area contributed by atoms with Crippen molar-refractivity contribution in [1.29, 1.82) is 0 Å². The van der Waals surface area contributed by atoms with Crippen molar-refractivity contribution >= 4 is 40.6 Å². The Balaban J connectivity index is 1.67. The van der Waals surface area contributed by atoms with Crippen molar-refractivity contribution in [1.82, 2.24) is 19.8 Å². The van der Waals surface area contributed by atoms with Crippen molar-refractivity contribution in [3.63, 3.8) is 0 Å². The zero-order valence-electron chi connectivity index (χ0n) is 13.2. The van der Waals surface area contributed by atoms with Gasteiger partial charge in [-0.05, 0) is 30.3 Å². The minimum atomic E-state index is -0.196. The summed E-state index contributed by atoms with van der Waals surface area (Å²) in [6, 6.07) is 8.94. The van der Waals surface area contributed by atoms with E-state index in [1.165, 1.54) is 7.11 Å². The lowest BCUT2D eigenvalue weighted by atomic mass is 10.0. The summed E-state index contributed by atoms with van der Waals surface area (Å²) in [5, 5.41) is 13.8. The lowest BCUT2D eigenvalue weighted by Gasteiger charge is -2.38. The Morgan fingerprint density at radius 3 is 2.68 bits per heavy atom. The predicted octanol–water partition coefficient (Wildman–Crippen LogP) is 2.71. The number of halogens is 2. The second kappa shape index (κ2) is 6.16. The number of hydrogen-bond acceptors (Lipinski definition) is 6. The van der Waals surface area contributed by atoms with Gasteiger partial charge in [-0.3, -0.25) is 4.79 Å². The van der Waals surface area contributed by atoms with E-state index in [0.717, 1.165) is 11.4 Å². The average Bonchev–Trinajstić information content (AvgIpc) is 2.99. The summed E-state index contributed by atoms with van der Waals surface area (Å²) in [6.07, 6.45) is 0. The first-order chi connectivity index (χ1) is 12.1. The number of esters is 1. The molecule has 0 N–H and O–H groups in total. The third-order valence-corrected chi connectivity index (χ3v) is 4.91. The number of carbonyl (C=O) groups excluding carboxylic acids is 1. The van der Waals surface area contributed by atoms with E-state index in [-0.39, 0.29) is 11.9 Å². The fraction of sp³-hybridized carbons (Fsp3) is 0.250. The Bertz CT molecular complexity index is 968. The SMILES string of the molecule is COC(=O)C1CN(c2ccc3nnc(-c4ccc(Cl)c(Cl)c4)n3n2)C1. The maximum atomic E-state index is 11.5. The largest absolute Gasteiger partial charge is 0.469 e. The molecule has 128 valence electrons. The molecule has 4 rings (SSSR count). The minimum Gasteiger partial charge on any atom is -0.469 e. The first-order valence-electron chi connectivity index (χ1n) is 7.57. The maximum Gasteiger partial charge on any atom is 0.312 e. The highest BCUT2D eigenvalue weighted by atomic mass is 35.5. The number of ether oxygens (including phenoxy) is 1. The Hall–Kier alpha value is -2.38. The van der Waals surface area contributed by atoms with Crippen LogP contribution in [0.2, 0.25) is 10.0 Å². The molecule has 25 heavy (non-hydrogen) atoms. The van der Waals surface area contributed by atoms with Gasteiger partial charge in [0.05, 0.1) is 23.1 Å². The van der Waals surface area contributed by atoms with Crippen LogP contribution in [0.4, 0.5) is 5.82 Å². The Morgan fingerprint density at radius 1 is 1.16 bits per heavy atom. The molecule has 1 aromatic carbocycles. The molecule has 0 atom stereocenters. The zero-order valence-corrected chi connectivity index (χ0v) is 14.7. The molecule has 0 amide bonds. The number of carbonyl (C=O) groups is 1. The normalized spacial score (nSPS) is 14.6. The van der Waals surface area contributed by atoms with Gasteiger partial charge in [-0.1, -0.05) is 23.2 Å². The molecule has 0 aliphatic carbocycles. The summed E-state index contributed by atoms with van der Waals surface area (Å²) < 4.78 is 6.41. The molecular formula is C16H13Cl2N5O2. The molecule has 1 aliphatic heterocycles. The van der Waals surface area contributed by atoms with Crippen molar-refractivity contribution < 1.29 is 9.53 Å². The number of hydrogen-bond donors (Lipinski definition) is 0. The molecule has 1 saturated heterocycles. The van der Waals surface area contributed by atoms with Crippen molar-refractivity contribution in [3.8, 4) is 11.4 Å². The Morgan fingerprint density at radius 2 is 1.96 bits per heavy atom.